The summed E-state index contributed by atoms with van der Waals surface area (Å²) in [7, 11) is 2.16. The number of aromatic nitrogens is 2. The fraction of sp³-hybridized carbons (Fsp3) is 0.318. The molecule has 0 radical (unpaired) electrons. The summed E-state index contributed by atoms with van der Waals surface area (Å²) < 4.78 is 4.75. The summed E-state index contributed by atoms with van der Waals surface area (Å²) in [5, 5.41) is 9.78. The lowest BCUT2D eigenvalue weighted by molar-refractivity contribution is -0.700. The molecule has 0 saturated carbocycles. The Morgan fingerprint density at radius 1 is 0.620 bits per heavy atom. The highest BCUT2D eigenvalue weighted by Gasteiger charge is 2.28. The van der Waals surface area contributed by atoms with Gasteiger partial charge in [-0.15, -0.1) is 10.2 Å². The molecule has 254 valence electrons. The lowest BCUT2D eigenvalue weighted by atomic mass is 9.95. The summed E-state index contributed by atoms with van der Waals surface area (Å²) in [4.78, 5) is 4.63. The molecule has 0 spiro atoms. The summed E-state index contributed by atoms with van der Waals surface area (Å²) in [5.74, 6) is 2.01. The number of hydrogen-bond acceptors (Lipinski definition) is 2. The molecule has 2 aromatic heterocycles. The van der Waals surface area contributed by atoms with Crippen LogP contribution in [0, 0.1) is 41.5 Å². The number of fused-ring (bicyclic) bond motifs is 2. The van der Waals surface area contributed by atoms with Gasteiger partial charge in [0.2, 0.25) is 0 Å². The van der Waals surface area contributed by atoms with Gasteiger partial charge in [-0.05, 0) is 67.1 Å². The van der Waals surface area contributed by atoms with Gasteiger partial charge in [-0.2, -0.15) is 4.57 Å². The van der Waals surface area contributed by atoms with Gasteiger partial charge >= 0.3 is 0 Å². The van der Waals surface area contributed by atoms with E-state index in [1.807, 2.05) is 0 Å². The summed E-state index contributed by atoms with van der Waals surface area (Å²) in [5.41, 5.74) is 18.5. The maximum atomic E-state index is 4.91. The van der Waals surface area contributed by atoms with Crippen LogP contribution in [-0.4, -0.2) is 18.2 Å². The van der Waals surface area contributed by atoms with Crippen LogP contribution in [0.25, 0.3) is 0 Å². The van der Waals surface area contributed by atoms with Crippen LogP contribution in [-0.2, 0) is 39.4 Å². The Bertz CT molecular complexity index is 2160. The molecule has 0 aliphatic carbocycles. The van der Waals surface area contributed by atoms with Crippen LogP contribution in [0.5, 0.6) is 0 Å². The molecule has 50 heavy (non-hydrogen) atoms. The van der Waals surface area contributed by atoms with Crippen LogP contribution in [0.1, 0.15) is 74.2 Å². The molecule has 7 rings (SSSR count). The normalized spacial score (nSPS) is 15.4. The van der Waals surface area contributed by atoms with E-state index < -0.39 is 0 Å². The minimum Gasteiger partial charge on any atom is -0.328 e. The van der Waals surface area contributed by atoms with E-state index in [0.717, 1.165) is 50.6 Å². The van der Waals surface area contributed by atoms with E-state index in [0.29, 0.717) is 0 Å². The van der Waals surface area contributed by atoms with Gasteiger partial charge in [0.25, 0.3) is 0 Å². The van der Waals surface area contributed by atoms with Crippen molar-refractivity contribution in [1.82, 2.24) is 0 Å². The van der Waals surface area contributed by atoms with Crippen molar-refractivity contribution in [2.24, 2.45) is 17.3 Å². The summed E-state index contributed by atoms with van der Waals surface area (Å²) >= 11 is 0. The van der Waals surface area contributed by atoms with Crippen molar-refractivity contribution in [2.45, 2.75) is 80.8 Å². The Hall–Kier alpha value is -5.10. The maximum Gasteiger partial charge on any atom is 0.181 e. The number of amidine groups is 2. The van der Waals surface area contributed by atoms with Crippen LogP contribution in [0.2, 0.25) is 0 Å². The maximum absolute atomic E-state index is 4.91. The monoisotopic (exact) mass is 662 g/mol. The molecule has 0 amide bonds. The van der Waals surface area contributed by atoms with E-state index in [-0.39, 0.29) is 0 Å². The van der Waals surface area contributed by atoms with E-state index in [1.165, 1.54) is 78.7 Å². The van der Waals surface area contributed by atoms with Crippen molar-refractivity contribution in [3.8, 4) is 0 Å². The minimum atomic E-state index is 0.758. The number of benzene rings is 3. The molecule has 0 atom stereocenters. The third-order valence-corrected chi connectivity index (χ3v) is 11.2. The zero-order chi connectivity index (χ0) is 35.1. The Labute approximate surface area is 298 Å². The molecule has 6 heteroatoms. The zero-order valence-corrected chi connectivity index (χ0v) is 31.0. The molecule has 5 aromatic rings. The Kier molecular flexibility index (Phi) is 9.13. The highest BCUT2D eigenvalue weighted by Crippen LogP contribution is 2.32. The largest absolute Gasteiger partial charge is 0.328 e. The second-order valence-corrected chi connectivity index (χ2v) is 14.2. The molecule has 0 bridgehead atoms. The first-order valence-corrected chi connectivity index (χ1v) is 18.0. The molecule has 0 fully saturated rings. The predicted molar refractivity (Wildman–Crippen MR) is 205 cm³/mol. The van der Waals surface area contributed by atoms with Crippen LogP contribution in [0.15, 0.2) is 95.1 Å². The van der Waals surface area contributed by atoms with Crippen molar-refractivity contribution in [3.63, 3.8) is 0 Å². The third kappa shape index (κ3) is 6.24. The fourth-order valence-corrected chi connectivity index (χ4v) is 7.75. The molecule has 4 heterocycles. The Balaban J connectivity index is 1.10. The van der Waals surface area contributed by atoms with E-state index in [2.05, 4.69) is 159 Å². The summed E-state index contributed by atoms with van der Waals surface area (Å²) in [6, 6.07) is 31.1. The molecule has 2 aliphatic heterocycles. The first-order valence-electron chi connectivity index (χ1n) is 18.0. The van der Waals surface area contributed by atoms with Crippen molar-refractivity contribution in [2.75, 3.05) is 16.3 Å². The second-order valence-electron chi connectivity index (χ2n) is 14.2. The van der Waals surface area contributed by atoms with Crippen LogP contribution in [0.3, 0.4) is 0 Å². The second kappa shape index (κ2) is 13.7. The van der Waals surface area contributed by atoms with Gasteiger partial charge in [-0.3, -0.25) is 0 Å². The van der Waals surface area contributed by atoms with Gasteiger partial charge in [-0.25, -0.2) is 4.57 Å². The lowest BCUT2D eigenvalue weighted by Crippen LogP contribution is -2.42. The number of anilines is 2. The van der Waals surface area contributed by atoms with Gasteiger partial charge < -0.3 is 9.80 Å². The van der Waals surface area contributed by atoms with Crippen LogP contribution in [0.4, 0.5) is 11.4 Å². The van der Waals surface area contributed by atoms with Crippen molar-refractivity contribution >= 4 is 23.0 Å². The molecule has 6 nitrogen and oxygen atoms in total. The Morgan fingerprint density at radius 3 is 1.76 bits per heavy atom. The van der Waals surface area contributed by atoms with Crippen LogP contribution < -0.4 is 18.9 Å². The minimum absolute atomic E-state index is 0.758. The number of aryl methyl sites for hydroxylation is 2. The van der Waals surface area contributed by atoms with Crippen molar-refractivity contribution in [3.05, 3.63) is 152 Å². The number of hydrogen-bond donors (Lipinski definition) is 0. The molecular formula is C44H50N6+2. The molecule has 0 N–H and O–H groups in total. The highest BCUT2D eigenvalue weighted by molar-refractivity contribution is 6.07. The van der Waals surface area contributed by atoms with E-state index in [9.17, 15) is 0 Å². The van der Waals surface area contributed by atoms with E-state index >= 15 is 0 Å². The number of pyridine rings is 2. The van der Waals surface area contributed by atoms with Crippen molar-refractivity contribution < 1.29 is 9.13 Å². The third-order valence-electron chi connectivity index (χ3n) is 11.2. The standard InChI is InChI=1S/C44H50N6/c1-9-48-41-16-12-10-14-37(41)25-43(48)45-46-44-26-38-15-11-13-17-42(38)50(44)28-36-20-18-35(19-21-36)27-49-30(3)23-40(32(5)34(49)7)24-39-22-29(2)47(8)33(6)31(39)4/h10-23H,9,24-28H2,1-8H3/q+2/b45-43-,46-44-. The van der Waals surface area contributed by atoms with Gasteiger partial charge in [0.15, 0.2) is 29.3 Å². The molecule has 0 saturated heterocycles. The Morgan fingerprint density at radius 2 is 1.14 bits per heavy atom. The molecule has 3 aromatic carbocycles. The first-order chi connectivity index (χ1) is 24.1. The smallest absolute Gasteiger partial charge is 0.181 e. The number of nitrogens with zero attached hydrogens (tertiary/aromatic N) is 6. The number of rotatable bonds is 8. The quantitative estimate of drug-likeness (QED) is 0.127. The number of likely N-dealkylation sites (N-methyl/N-ethyl adjacent to an activating group) is 1. The lowest BCUT2D eigenvalue weighted by Gasteiger charge is -2.21. The number of para-hydroxylation sites is 2. The predicted octanol–water partition coefficient (Wildman–Crippen LogP) is 7.65. The molecular weight excluding hydrogens is 613 g/mol. The van der Waals surface area contributed by atoms with Crippen LogP contribution >= 0.6 is 0 Å². The fourth-order valence-electron chi connectivity index (χ4n) is 7.75. The van der Waals surface area contributed by atoms with E-state index in [4.69, 9.17) is 10.2 Å². The SMILES string of the molecule is CCN1/C(=N\N=C2\Cc3ccccc3N2Cc2ccc(C[n+]3c(C)cc(Cc4cc(C)[n+](C)c(C)c4C)c(C)c3C)cc2)Cc2ccccc21. The van der Waals surface area contributed by atoms with E-state index in [1.54, 1.807) is 0 Å². The molecule has 2 aliphatic rings. The topological polar surface area (TPSA) is 39.0 Å². The first kappa shape index (κ1) is 33.4. The summed E-state index contributed by atoms with van der Waals surface area (Å²) in [6.07, 6.45) is 2.56. The summed E-state index contributed by atoms with van der Waals surface area (Å²) in [6.45, 7) is 18.1. The average molecular weight is 663 g/mol. The van der Waals surface area contributed by atoms with Gasteiger partial charge in [0.1, 0.15) is 18.7 Å². The van der Waals surface area contributed by atoms with Crippen molar-refractivity contribution in [1.29, 1.82) is 0 Å². The zero-order valence-electron chi connectivity index (χ0n) is 31.0. The van der Waals surface area contributed by atoms with Gasteiger partial charge in [0.05, 0.1) is 0 Å². The van der Waals surface area contributed by atoms with Gasteiger partial charge in [0, 0.05) is 93.8 Å². The highest BCUT2D eigenvalue weighted by atomic mass is 15.4. The van der Waals surface area contributed by atoms with Gasteiger partial charge in [-0.1, -0.05) is 60.7 Å². The molecule has 0 unspecified atom stereocenters. The average Bonchev–Trinajstić information content (AvgIpc) is 3.67.